The van der Waals surface area contributed by atoms with E-state index in [1.807, 2.05) is 50.3 Å². The van der Waals surface area contributed by atoms with Crippen molar-refractivity contribution in [2.24, 2.45) is 0 Å². The van der Waals surface area contributed by atoms with Crippen molar-refractivity contribution in [3.8, 4) is 0 Å². The summed E-state index contributed by atoms with van der Waals surface area (Å²) in [5.74, 6) is -0.762. The van der Waals surface area contributed by atoms with Crippen LogP contribution in [0.15, 0.2) is 71.3 Å². The van der Waals surface area contributed by atoms with Crippen LogP contribution in [0, 0.1) is 5.82 Å². The van der Waals surface area contributed by atoms with E-state index in [0.717, 1.165) is 28.0 Å². The first kappa shape index (κ1) is 21.5. The molecule has 0 radical (unpaired) electrons. The highest BCUT2D eigenvalue weighted by molar-refractivity contribution is 6.01. The second kappa shape index (κ2) is 9.53. The van der Waals surface area contributed by atoms with Crippen molar-refractivity contribution in [3.63, 3.8) is 0 Å². The monoisotopic (exact) mass is 406 g/mol. The van der Waals surface area contributed by atoms with Gasteiger partial charge in [-0.1, -0.05) is 42.0 Å². The highest BCUT2D eigenvalue weighted by Gasteiger charge is 2.25. The lowest BCUT2D eigenvalue weighted by atomic mass is 9.98. The van der Waals surface area contributed by atoms with Crippen LogP contribution in [0.1, 0.15) is 38.3 Å². The molecule has 2 aromatic rings. The maximum atomic E-state index is 13.5. The number of para-hydroxylation sites is 1. The van der Waals surface area contributed by atoms with Crippen LogP contribution < -0.4 is 10.6 Å². The van der Waals surface area contributed by atoms with E-state index in [1.165, 1.54) is 12.1 Å². The lowest BCUT2D eigenvalue weighted by molar-refractivity contribution is -0.124. The number of halogens is 1. The van der Waals surface area contributed by atoms with Crippen LogP contribution in [0.5, 0.6) is 0 Å². The molecule has 156 valence electrons. The van der Waals surface area contributed by atoms with Crippen molar-refractivity contribution in [3.05, 3.63) is 88.3 Å². The molecule has 2 aromatic carbocycles. The summed E-state index contributed by atoms with van der Waals surface area (Å²) >= 11 is 0. The molecule has 0 saturated heterocycles. The van der Waals surface area contributed by atoms with Crippen molar-refractivity contribution in [1.82, 2.24) is 5.32 Å². The van der Waals surface area contributed by atoms with Gasteiger partial charge in [-0.05, 0) is 74.9 Å². The fraction of sp³-hybridized carbons (Fsp3) is 0.280. The number of hydrogen-bond acceptors (Lipinski definition) is 2. The predicted molar refractivity (Wildman–Crippen MR) is 118 cm³/mol. The predicted octanol–water partition coefficient (Wildman–Crippen LogP) is 4.72. The van der Waals surface area contributed by atoms with E-state index >= 15 is 0 Å². The minimum atomic E-state index is -0.591. The maximum Gasteiger partial charge on any atom is 0.247 e. The van der Waals surface area contributed by atoms with Gasteiger partial charge in [0.15, 0.2) is 0 Å². The number of fused-ring (bicyclic) bond motifs is 1. The van der Waals surface area contributed by atoms with Gasteiger partial charge in [-0.15, -0.1) is 0 Å². The average molecular weight is 407 g/mol. The highest BCUT2D eigenvalue weighted by Crippen LogP contribution is 2.22. The number of rotatable bonds is 5. The summed E-state index contributed by atoms with van der Waals surface area (Å²) in [6, 6.07) is 13.5. The summed E-state index contributed by atoms with van der Waals surface area (Å²) in [5, 5.41) is 5.75. The Labute approximate surface area is 176 Å². The number of aryl methyl sites for hydroxylation is 1. The Kier molecular flexibility index (Phi) is 6.83. The van der Waals surface area contributed by atoms with Gasteiger partial charge in [0.25, 0.3) is 0 Å². The van der Waals surface area contributed by atoms with Crippen LogP contribution in [-0.2, 0) is 22.4 Å². The molecule has 1 atom stereocenters. The fourth-order valence-corrected chi connectivity index (χ4v) is 3.49. The van der Waals surface area contributed by atoms with E-state index < -0.39 is 6.04 Å². The average Bonchev–Trinajstić information content (AvgIpc) is 2.86. The Morgan fingerprint density at radius 1 is 1.17 bits per heavy atom. The largest absolute Gasteiger partial charge is 0.341 e. The SMILES string of the molecule is CC(C)=C(/C=C(\C)C(=O)N[C@H]1CCc2ccccc2NC1=O)Cc1cccc(F)c1. The lowest BCUT2D eigenvalue weighted by Gasteiger charge is -2.16. The van der Waals surface area contributed by atoms with Gasteiger partial charge >= 0.3 is 0 Å². The Bertz CT molecular complexity index is 1020. The lowest BCUT2D eigenvalue weighted by Crippen LogP contribution is -2.43. The van der Waals surface area contributed by atoms with Crippen molar-refractivity contribution >= 4 is 17.5 Å². The molecule has 0 unspecified atom stereocenters. The number of allylic oxidation sites excluding steroid dienone is 3. The Morgan fingerprint density at radius 2 is 1.93 bits per heavy atom. The van der Waals surface area contributed by atoms with E-state index in [0.29, 0.717) is 24.8 Å². The number of carbonyl (C=O) groups excluding carboxylic acids is 2. The van der Waals surface area contributed by atoms with E-state index in [4.69, 9.17) is 0 Å². The molecule has 2 N–H and O–H groups in total. The van der Waals surface area contributed by atoms with Gasteiger partial charge in [-0.3, -0.25) is 9.59 Å². The zero-order valence-electron chi connectivity index (χ0n) is 17.6. The number of hydrogen-bond donors (Lipinski definition) is 2. The zero-order chi connectivity index (χ0) is 21.7. The minimum absolute atomic E-state index is 0.205. The zero-order valence-corrected chi connectivity index (χ0v) is 17.6. The van der Waals surface area contributed by atoms with Crippen molar-refractivity contribution in [2.45, 2.75) is 46.1 Å². The standard InChI is InChI=1S/C25H27FN2O2/c1-16(2)20(14-18-7-6-9-21(26)15-18)13-17(3)24(29)28-23-12-11-19-8-4-5-10-22(19)27-25(23)30/h4-10,13,15,23H,11-12,14H2,1-3H3,(H,27,30)(H,28,29)/b17-13+/t23-/m0/s1. The van der Waals surface area contributed by atoms with Gasteiger partial charge in [0.1, 0.15) is 11.9 Å². The molecular weight excluding hydrogens is 379 g/mol. The molecular formula is C25H27FN2O2. The molecule has 1 aliphatic heterocycles. The molecule has 1 heterocycles. The third-order valence-corrected chi connectivity index (χ3v) is 5.27. The molecule has 0 fully saturated rings. The summed E-state index contributed by atoms with van der Waals surface area (Å²) in [6.45, 7) is 5.66. The highest BCUT2D eigenvalue weighted by atomic mass is 19.1. The molecule has 0 saturated carbocycles. The van der Waals surface area contributed by atoms with Crippen LogP contribution in [0.3, 0.4) is 0 Å². The third-order valence-electron chi connectivity index (χ3n) is 5.27. The number of anilines is 1. The second-order valence-corrected chi connectivity index (χ2v) is 7.87. The molecule has 0 spiro atoms. The maximum absolute atomic E-state index is 13.5. The van der Waals surface area contributed by atoms with E-state index in [2.05, 4.69) is 10.6 Å². The number of nitrogens with one attached hydrogen (secondary N) is 2. The van der Waals surface area contributed by atoms with Crippen LogP contribution in [0.4, 0.5) is 10.1 Å². The molecule has 4 nitrogen and oxygen atoms in total. The minimum Gasteiger partial charge on any atom is -0.341 e. The Balaban J connectivity index is 1.70. The van der Waals surface area contributed by atoms with Crippen molar-refractivity contribution < 1.29 is 14.0 Å². The molecule has 0 aromatic heterocycles. The van der Waals surface area contributed by atoms with Gasteiger partial charge in [0.05, 0.1) is 0 Å². The Morgan fingerprint density at radius 3 is 2.67 bits per heavy atom. The normalized spacial score (nSPS) is 16.2. The van der Waals surface area contributed by atoms with Crippen LogP contribution in [0.2, 0.25) is 0 Å². The Hall–Kier alpha value is -3.21. The molecule has 5 heteroatoms. The molecule has 0 aliphatic carbocycles. The van der Waals surface area contributed by atoms with Crippen LogP contribution in [0.25, 0.3) is 0 Å². The first-order chi connectivity index (χ1) is 14.3. The molecule has 3 rings (SSSR count). The van der Waals surface area contributed by atoms with E-state index in [9.17, 15) is 14.0 Å². The van der Waals surface area contributed by atoms with Gasteiger partial charge < -0.3 is 10.6 Å². The first-order valence-corrected chi connectivity index (χ1v) is 10.1. The van der Waals surface area contributed by atoms with Gasteiger partial charge in [0, 0.05) is 11.3 Å². The number of benzene rings is 2. The third kappa shape index (κ3) is 5.44. The van der Waals surface area contributed by atoms with Gasteiger partial charge in [0.2, 0.25) is 11.8 Å². The van der Waals surface area contributed by atoms with Gasteiger partial charge in [-0.25, -0.2) is 4.39 Å². The second-order valence-electron chi connectivity index (χ2n) is 7.87. The van der Waals surface area contributed by atoms with Gasteiger partial charge in [-0.2, -0.15) is 0 Å². The van der Waals surface area contributed by atoms with Crippen molar-refractivity contribution in [2.75, 3.05) is 5.32 Å². The molecule has 1 aliphatic rings. The summed E-state index contributed by atoms with van der Waals surface area (Å²) in [7, 11) is 0. The number of carbonyl (C=O) groups is 2. The van der Waals surface area contributed by atoms with Crippen molar-refractivity contribution in [1.29, 1.82) is 0 Å². The molecule has 0 bridgehead atoms. The summed E-state index contributed by atoms with van der Waals surface area (Å²) in [6.07, 6.45) is 3.60. The topological polar surface area (TPSA) is 58.2 Å². The summed E-state index contributed by atoms with van der Waals surface area (Å²) < 4.78 is 13.5. The smallest absolute Gasteiger partial charge is 0.247 e. The van der Waals surface area contributed by atoms with Crippen LogP contribution >= 0.6 is 0 Å². The fourth-order valence-electron chi connectivity index (χ4n) is 3.49. The first-order valence-electron chi connectivity index (χ1n) is 10.1. The molecule has 2 amide bonds. The quantitative estimate of drug-likeness (QED) is 0.558. The van der Waals surface area contributed by atoms with Crippen LogP contribution in [-0.4, -0.2) is 17.9 Å². The number of amides is 2. The van der Waals surface area contributed by atoms with E-state index in [-0.39, 0.29) is 17.6 Å². The molecule has 30 heavy (non-hydrogen) atoms. The van der Waals surface area contributed by atoms with E-state index in [1.54, 1.807) is 13.0 Å². The summed E-state index contributed by atoms with van der Waals surface area (Å²) in [4.78, 5) is 25.3. The summed E-state index contributed by atoms with van der Waals surface area (Å²) in [5.41, 5.74) is 5.22.